The van der Waals surface area contributed by atoms with Crippen molar-refractivity contribution in [1.29, 1.82) is 0 Å². The van der Waals surface area contributed by atoms with Gasteiger partial charge in [-0.25, -0.2) is 0 Å². The van der Waals surface area contributed by atoms with Gasteiger partial charge in [0, 0.05) is 11.1 Å². The minimum Gasteiger partial charge on any atom is -0.327 e. The molecule has 0 bridgehead atoms. The topological polar surface area (TPSA) is 55.1 Å². The van der Waals surface area contributed by atoms with E-state index in [4.69, 9.17) is 28.9 Å². The molecule has 2 rings (SSSR count). The summed E-state index contributed by atoms with van der Waals surface area (Å²) in [5.74, 6) is -0.195. The molecule has 0 aromatic heterocycles. The summed E-state index contributed by atoms with van der Waals surface area (Å²) in [7, 11) is 0. The standard InChI is InChI=1S/C14H18Cl2N2O/c1-8-6-11(16)13(7-10(8)15)18-14(19)9-4-2-3-5-12(9)17/h6-7,9,12H,2-5,17H2,1H3,(H,18,19). The summed E-state index contributed by atoms with van der Waals surface area (Å²) in [4.78, 5) is 12.2. The molecular weight excluding hydrogens is 283 g/mol. The van der Waals surface area contributed by atoms with Gasteiger partial charge in [-0.3, -0.25) is 4.79 Å². The molecule has 5 heteroatoms. The molecule has 1 aliphatic carbocycles. The van der Waals surface area contributed by atoms with E-state index in [0.717, 1.165) is 31.2 Å². The number of nitrogens with one attached hydrogen (secondary N) is 1. The van der Waals surface area contributed by atoms with Crippen LogP contribution in [0.2, 0.25) is 10.0 Å². The lowest BCUT2D eigenvalue weighted by atomic mass is 9.84. The van der Waals surface area contributed by atoms with Crippen LogP contribution in [0.15, 0.2) is 12.1 Å². The zero-order valence-electron chi connectivity index (χ0n) is 10.9. The highest BCUT2D eigenvalue weighted by molar-refractivity contribution is 6.36. The largest absolute Gasteiger partial charge is 0.327 e. The third-order valence-electron chi connectivity index (χ3n) is 3.66. The maximum Gasteiger partial charge on any atom is 0.229 e. The fourth-order valence-electron chi connectivity index (χ4n) is 2.45. The lowest BCUT2D eigenvalue weighted by Crippen LogP contribution is -2.40. The summed E-state index contributed by atoms with van der Waals surface area (Å²) in [6, 6.07) is 3.37. The van der Waals surface area contributed by atoms with Gasteiger partial charge in [0.1, 0.15) is 0 Å². The molecule has 1 aromatic rings. The van der Waals surface area contributed by atoms with Crippen molar-refractivity contribution >= 4 is 34.8 Å². The number of anilines is 1. The Balaban J connectivity index is 2.12. The van der Waals surface area contributed by atoms with Crippen LogP contribution in [-0.2, 0) is 4.79 Å². The normalized spacial score (nSPS) is 23.2. The predicted molar refractivity (Wildman–Crippen MR) is 79.8 cm³/mol. The van der Waals surface area contributed by atoms with Crippen molar-refractivity contribution < 1.29 is 4.79 Å². The van der Waals surface area contributed by atoms with Crippen LogP contribution in [0.4, 0.5) is 5.69 Å². The minimum absolute atomic E-state index is 0.0611. The summed E-state index contributed by atoms with van der Waals surface area (Å²) in [6.07, 6.45) is 3.89. The van der Waals surface area contributed by atoms with E-state index in [9.17, 15) is 4.79 Å². The van der Waals surface area contributed by atoms with Gasteiger partial charge in [0.05, 0.1) is 16.6 Å². The van der Waals surface area contributed by atoms with Crippen LogP contribution in [-0.4, -0.2) is 11.9 Å². The molecule has 1 saturated carbocycles. The third-order valence-corrected chi connectivity index (χ3v) is 4.38. The molecule has 1 aromatic carbocycles. The van der Waals surface area contributed by atoms with E-state index in [1.807, 2.05) is 6.92 Å². The molecule has 0 spiro atoms. The minimum atomic E-state index is -0.134. The van der Waals surface area contributed by atoms with Crippen LogP contribution < -0.4 is 11.1 Å². The first-order valence-electron chi connectivity index (χ1n) is 6.51. The van der Waals surface area contributed by atoms with Crippen LogP contribution in [0, 0.1) is 12.8 Å². The van der Waals surface area contributed by atoms with Gasteiger partial charge in [-0.1, -0.05) is 36.0 Å². The molecule has 0 aliphatic heterocycles. The number of carbonyl (C=O) groups is 1. The number of halogens is 2. The smallest absolute Gasteiger partial charge is 0.229 e. The SMILES string of the molecule is Cc1cc(Cl)c(NC(=O)C2CCCCC2N)cc1Cl. The molecule has 0 radical (unpaired) electrons. The highest BCUT2D eigenvalue weighted by atomic mass is 35.5. The third kappa shape index (κ3) is 3.41. The molecule has 0 heterocycles. The van der Waals surface area contributed by atoms with Gasteiger partial charge in [-0.15, -0.1) is 0 Å². The highest BCUT2D eigenvalue weighted by Gasteiger charge is 2.28. The lowest BCUT2D eigenvalue weighted by molar-refractivity contribution is -0.121. The van der Waals surface area contributed by atoms with Gasteiger partial charge in [0.25, 0.3) is 0 Å². The Morgan fingerprint density at radius 1 is 1.26 bits per heavy atom. The number of hydrogen-bond acceptors (Lipinski definition) is 2. The first kappa shape index (κ1) is 14.6. The Kier molecular flexibility index (Phi) is 4.71. The van der Waals surface area contributed by atoms with Crippen molar-refractivity contribution in [3.8, 4) is 0 Å². The molecule has 1 aliphatic rings. The van der Waals surface area contributed by atoms with Crippen molar-refractivity contribution in [1.82, 2.24) is 0 Å². The van der Waals surface area contributed by atoms with E-state index in [1.165, 1.54) is 0 Å². The van der Waals surface area contributed by atoms with Gasteiger partial charge in [-0.2, -0.15) is 0 Å². The Morgan fingerprint density at radius 3 is 2.63 bits per heavy atom. The first-order chi connectivity index (χ1) is 8.99. The Morgan fingerprint density at radius 2 is 1.95 bits per heavy atom. The zero-order chi connectivity index (χ0) is 14.0. The van der Waals surface area contributed by atoms with Crippen LogP contribution >= 0.6 is 23.2 Å². The fourth-order valence-corrected chi connectivity index (χ4v) is 2.88. The van der Waals surface area contributed by atoms with Crippen LogP contribution in [0.3, 0.4) is 0 Å². The Hall–Kier alpha value is -0.770. The number of carbonyl (C=O) groups excluding carboxylic acids is 1. The average Bonchev–Trinajstić information content (AvgIpc) is 2.36. The molecule has 0 saturated heterocycles. The number of rotatable bonds is 2. The molecule has 2 atom stereocenters. The van der Waals surface area contributed by atoms with E-state index in [-0.39, 0.29) is 17.9 Å². The molecule has 3 N–H and O–H groups in total. The zero-order valence-corrected chi connectivity index (χ0v) is 12.4. The molecule has 1 amide bonds. The first-order valence-corrected chi connectivity index (χ1v) is 7.26. The summed E-state index contributed by atoms with van der Waals surface area (Å²) in [5.41, 5.74) is 7.45. The van der Waals surface area contributed by atoms with Gasteiger partial charge >= 0.3 is 0 Å². The summed E-state index contributed by atoms with van der Waals surface area (Å²) in [6.45, 7) is 1.87. The van der Waals surface area contributed by atoms with E-state index in [1.54, 1.807) is 12.1 Å². The van der Waals surface area contributed by atoms with Gasteiger partial charge in [-0.05, 0) is 37.5 Å². The van der Waals surface area contributed by atoms with Gasteiger partial charge in [0.2, 0.25) is 5.91 Å². The molecule has 2 unspecified atom stereocenters. The van der Waals surface area contributed by atoms with E-state index in [0.29, 0.717) is 15.7 Å². The van der Waals surface area contributed by atoms with Crippen molar-refractivity contribution in [2.45, 2.75) is 38.6 Å². The van der Waals surface area contributed by atoms with E-state index >= 15 is 0 Å². The highest BCUT2D eigenvalue weighted by Crippen LogP contribution is 2.30. The summed E-state index contributed by atoms with van der Waals surface area (Å²) in [5, 5.41) is 3.93. The number of benzene rings is 1. The number of nitrogens with two attached hydrogens (primary N) is 1. The van der Waals surface area contributed by atoms with Crippen molar-refractivity contribution in [2.24, 2.45) is 11.7 Å². The molecule has 1 fully saturated rings. The van der Waals surface area contributed by atoms with E-state index < -0.39 is 0 Å². The molecular formula is C14H18Cl2N2O. The fraction of sp³-hybridized carbons (Fsp3) is 0.500. The second kappa shape index (κ2) is 6.12. The summed E-state index contributed by atoms with van der Waals surface area (Å²) >= 11 is 12.2. The summed E-state index contributed by atoms with van der Waals surface area (Å²) < 4.78 is 0. The lowest BCUT2D eigenvalue weighted by Gasteiger charge is -2.27. The molecule has 3 nitrogen and oxygen atoms in total. The predicted octanol–water partition coefficient (Wildman–Crippen LogP) is 3.76. The molecule has 19 heavy (non-hydrogen) atoms. The van der Waals surface area contributed by atoms with E-state index in [2.05, 4.69) is 5.32 Å². The second-order valence-electron chi connectivity index (χ2n) is 5.13. The monoisotopic (exact) mass is 300 g/mol. The van der Waals surface area contributed by atoms with Crippen LogP contribution in [0.5, 0.6) is 0 Å². The molecule has 104 valence electrons. The van der Waals surface area contributed by atoms with Gasteiger partial charge in [0.15, 0.2) is 0 Å². The van der Waals surface area contributed by atoms with Crippen molar-refractivity contribution in [2.75, 3.05) is 5.32 Å². The maximum absolute atomic E-state index is 12.2. The number of amides is 1. The number of aryl methyl sites for hydroxylation is 1. The number of hydrogen-bond donors (Lipinski definition) is 2. The quantitative estimate of drug-likeness (QED) is 0.874. The second-order valence-corrected chi connectivity index (χ2v) is 5.94. The van der Waals surface area contributed by atoms with Crippen LogP contribution in [0.1, 0.15) is 31.2 Å². The Bertz CT molecular complexity index is 491. The van der Waals surface area contributed by atoms with Crippen molar-refractivity contribution in [3.05, 3.63) is 27.7 Å². The Labute approximate surface area is 123 Å². The van der Waals surface area contributed by atoms with Crippen molar-refractivity contribution in [3.63, 3.8) is 0 Å². The van der Waals surface area contributed by atoms with Crippen LogP contribution in [0.25, 0.3) is 0 Å². The van der Waals surface area contributed by atoms with Gasteiger partial charge < -0.3 is 11.1 Å². The average molecular weight is 301 g/mol. The maximum atomic E-state index is 12.2.